The van der Waals surface area contributed by atoms with E-state index in [0.717, 1.165) is 5.56 Å². The number of hydrogen-bond acceptors (Lipinski definition) is 0. The van der Waals surface area contributed by atoms with Crippen LogP contribution in [0.25, 0.3) is 0 Å². The Kier molecular flexibility index (Phi) is 2.17. The Morgan fingerprint density at radius 2 is 1.78 bits per heavy atom. The topological polar surface area (TPSA) is 0 Å². The molecule has 0 spiro atoms. The van der Waals surface area contributed by atoms with Gasteiger partial charge in [0.05, 0.1) is 0 Å². The van der Waals surface area contributed by atoms with Gasteiger partial charge >= 0.3 is 68.1 Å². The maximum atomic E-state index is 6.77. The molecule has 0 bridgehead atoms. The van der Waals surface area contributed by atoms with E-state index in [1.54, 1.807) is 22.3 Å². The first kappa shape index (κ1) is 6.69. The Morgan fingerprint density at radius 3 is 2.22 bits per heavy atom. The van der Waals surface area contributed by atoms with Crippen molar-refractivity contribution in [3.8, 4) is 5.92 Å². The molecule has 0 heterocycles. The number of rotatable bonds is 0. The Balaban J connectivity index is 3.06. The minimum absolute atomic E-state index is 0.842. The van der Waals surface area contributed by atoms with Crippen molar-refractivity contribution in [2.75, 3.05) is 0 Å². The van der Waals surface area contributed by atoms with Gasteiger partial charge in [-0.3, -0.25) is 0 Å². The van der Waals surface area contributed by atoms with Crippen molar-refractivity contribution in [2.45, 2.75) is 0 Å². The van der Waals surface area contributed by atoms with Crippen molar-refractivity contribution in [1.29, 1.82) is 0 Å². The van der Waals surface area contributed by atoms with Crippen LogP contribution in [0, 0.1) is 12.3 Å². The molecule has 0 fully saturated rings. The molecule has 9 heavy (non-hydrogen) atoms. The molecule has 0 atom stereocenters. The predicted octanol–water partition coefficient (Wildman–Crippen LogP) is 0.151. The van der Waals surface area contributed by atoms with Crippen LogP contribution in [0.5, 0.6) is 0 Å². The first-order valence-corrected chi connectivity index (χ1v) is 3.82. The van der Waals surface area contributed by atoms with Crippen LogP contribution in [0.1, 0.15) is 5.56 Å². The molecule has 1 aromatic carbocycles. The number of hydrogen-bond donors (Lipinski definition) is 0. The summed E-state index contributed by atoms with van der Waals surface area (Å²) < 4.78 is 1.27. The summed E-state index contributed by atoms with van der Waals surface area (Å²) in [6, 6.07) is 7.76. The molecule has 43 valence electrons. The third-order valence-electron chi connectivity index (χ3n) is 1.01. The average molecular weight is 229 g/mol. The fraction of sp³-hybridized carbons (Fsp3) is 0. The van der Waals surface area contributed by atoms with Crippen LogP contribution < -0.4 is 3.61 Å². The summed E-state index contributed by atoms with van der Waals surface area (Å²) in [5.74, 6) is 2.31. The summed E-state index contributed by atoms with van der Waals surface area (Å²) in [4.78, 5) is 0. The van der Waals surface area contributed by atoms with Gasteiger partial charge in [0, 0.05) is 0 Å². The van der Waals surface area contributed by atoms with Gasteiger partial charge in [-0.05, 0) is 0 Å². The fourth-order valence-corrected chi connectivity index (χ4v) is 0.970. The van der Waals surface area contributed by atoms with Crippen LogP contribution in [-0.2, 0) is 0 Å². The van der Waals surface area contributed by atoms with E-state index in [2.05, 4.69) is 5.92 Å². The van der Waals surface area contributed by atoms with Gasteiger partial charge in [0.1, 0.15) is 0 Å². The maximum absolute atomic E-state index is 6.77. The third-order valence-corrected chi connectivity index (χ3v) is 1.86. The first-order chi connectivity index (χ1) is 4.33. The third kappa shape index (κ3) is 1.75. The van der Waals surface area contributed by atoms with Crippen molar-refractivity contribution >= 4 is 25.9 Å². The van der Waals surface area contributed by atoms with E-state index in [4.69, 9.17) is 6.42 Å². The van der Waals surface area contributed by atoms with Gasteiger partial charge in [0.25, 0.3) is 0 Å². The summed E-state index contributed by atoms with van der Waals surface area (Å²) in [6.45, 7) is 0. The van der Waals surface area contributed by atoms with E-state index in [1.165, 1.54) is 3.61 Å². The van der Waals surface area contributed by atoms with Gasteiger partial charge in [-0.25, -0.2) is 0 Å². The molecule has 0 aliphatic heterocycles. The Labute approximate surface area is 68.2 Å². The van der Waals surface area contributed by atoms with E-state index >= 15 is 0 Å². The van der Waals surface area contributed by atoms with Crippen LogP contribution in [-0.4, -0.2) is 22.3 Å². The van der Waals surface area contributed by atoms with Gasteiger partial charge in [0.15, 0.2) is 0 Å². The molecular formula is C8H5Te. The second kappa shape index (κ2) is 2.92. The number of benzene rings is 1. The van der Waals surface area contributed by atoms with E-state index in [0.29, 0.717) is 0 Å². The summed E-state index contributed by atoms with van der Waals surface area (Å²) in [5, 5.41) is 0. The molecule has 1 radical (unpaired) electrons. The Bertz CT molecular complexity index is 228. The van der Waals surface area contributed by atoms with E-state index in [-0.39, 0.29) is 0 Å². The van der Waals surface area contributed by atoms with Crippen LogP contribution in [0.2, 0.25) is 0 Å². The molecule has 0 saturated carbocycles. The van der Waals surface area contributed by atoms with Gasteiger partial charge in [0.2, 0.25) is 0 Å². The van der Waals surface area contributed by atoms with Crippen LogP contribution in [0.15, 0.2) is 24.3 Å². The van der Waals surface area contributed by atoms with E-state index < -0.39 is 0 Å². The van der Waals surface area contributed by atoms with Gasteiger partial charge < -0.3 is 0 Å². The van der Waals surface area contributed by atoms with Crippen molar-refractivity contribution < 1.29 is 0 Å². The van der Waals surface area contributed by atoms with E-state index in [1.807, 2.05) is 24.3 Å². The molecular weight excluding hydrogens is 224 g/mol. The SMILES string of the molecule is [C]#Cc1ccc([TeH])cc1. The van der Waals surface area contributed by atoms with Crippen LogP contribution >= 0.6 is 0 Å². The Morgan fingerprint density at radius 1 is 1.22 bits per heavy atom. The molecule has 1 heteroatoms. The minimum atomic E-state index is 0.842. The Hall–Kier alpha value is -0.430. The monoisotopic (exact) mass is 231 g/mol. The second-order valence-electron chi connectivity index (χ2n) is 1.67. The molecule has 0 aliphatic rings. The molecule has 1 aromatic rings. The summed E-state index contributed by atoms with van der Waals surface area (Å²) in [5.41, 5.74) is 0.842. The van der Waals surface area contributed by atoms with Crippen LogP contribution in [0.3, 0.4) is 0 Å². The summed E-state index contributed by atoms with van der Waals surface area (Å²) in [7, 11) is 0. The van der Waals surface area contributed by atoms with Crippen molar-refractivity contribution in [1.82, 2.24) is 0 Å². The zero-order valence-corrected chi connectivity index (χ0v) is 7.31. The average Bonchev–Trinajstić information content (AvgIpc) is 1.90. The van der Waals surface area contributed by atoms with Crippen molar-refractivity contribution in [3.05, 3.63) is 36.3 Å². The van der Waals surface area contributed by atoms with Gasteiger partial charge in [-0.2, -0.15) is 0 Å². The molecule has 0 nitrogen and oxygen atoms in total. The second-order valence-corrected chi connectivity index (χ2v) is 3.15. The molecule has 0 aromatic heterocycles. The standard InChI is InChI=1S/C8H5Te/c1-2-7-3-5-8(9)6-4-7/h3-6,9H. The summed E-state index contributed by atoms with van der Waals surface area (Å²) >= 11 is 1.68. The molecule has 0 N–H and O–H groups in total. The van der Waals surface area contributed by atoms with Crippen LogP contribution in [0.4, 0.5) is 0 Å². The molecule has 0 saturated heterocycles. The van der Waals surface area contributed by atoms with Gasteiger partial charge in [-0.15, -0.1) is 0 Å². The molecule has 0 amide bonds. The molecule has 1 rings (SSSR count). The molecule has 0 unspecified atom stereocenters. The zero-order valence-electron chi connectivity index (χ0n) is 4.76. The van der Waals surface area contributed by atoms with Crippen molar-refractivity contribution in [2.24, 2.45) is 0 Å². The molecule has 0 aliphatic carbocycles. The fourth-order valence-electron chi connectivity index (χ4n) is 0.545. The first-order valence-electron chi connectivity index (χ1n) is 2.54. The van der Waals surface area contributed by atoms with Gasteiger partial charge in [-0.1, -0.05) is 0 Å². The van der Waals surface area contributed by atoms with E-state index in [9.17, 15) is 0 Å². The quantitative estimate of drug-likeness (QED) is 0.438. The normalized spacial score (nSPS) is 8.44. The zero-order chi connectivity index (χ0) is 6.69. The predicted molar refractivity (Wildman–Crippen MR) is 39.5 cm³/mol. The summed E-state index contributed by atoms with van der Waals surface area (Å²) in [6.07, 6.45) is 6.77. The van der Waals surface area contributed by atoms with Crippen molar-refractivity contribution in [3.63, 3.8) is 0 Å².